The van der Waals surface area contributed by atoms with Gasteiger partial charge in [0.15, 0.2) is 0 Å². The average molecular weight is 323 g/mol. The van der Waals surface area contributed by atoms with Gasteiger partial charge in [-0.2, -0.15) is 8.42 Å². The molecule has 0 aromatic carbocycles. The summed E-state index contributed by atoms with van der Waals surface area (Å²) >= 11 is 0. The highest BCUT2D eigenvalue weighted by Gasteiger charge is 2.23. The first-order chi connectivity index (χ1) is 9.91. The first-order valence-corrected chi connectivity index (χ1v) is 10.1. The van der Waals surface area contributed by atoms with Crippen molar-refractivity contribution in [3.05, 3.63) is 0 Å². The van der Waals surface area contributed by atoms with Gasteiger partial charge in [0.25, 0.3) is 10.1 Å². The van der Waals surface area contributed by atoms with Gasteiger partial charge in [0.05, 0.1) is 11.4 Å². The molecular formula is C16H34O4S. The maximum absolute atomic E-state index is 11.1. The van der Waals surface area contributed by atoms with E-state index in [2.05, 4.69) is 6.92 Å². The highest BCUT2D eigenvalue weighted by atomic mass is 32.2. The summed E-state index contributed by atoms with van der Waals surface area (Å²) in [5, 5.41) is 9.01. The third-order valence-electron chi connectivity index (χ3n) is 4.05. The van der Waals surface area contributed by atoms with Crippen molar-refractivity contribution in [1.29, 1.82) is 0 Å². The molecule has 5 heteroatoms. The van der Waals surface area contributed by atoms with Crippen molar-refractivity contribution >= 4 is 10.1 Å². The number of hydrogen-bond donors (Lipinski definition) is 2. The number of hydrogen-bond acceptors (Lipinski definition) is 3. The van der Waals surface area contributed by atoms with Crippen molar-refractivity contribution in [2.45, 2.75) is 102 Å². The lowest BCUT2D eigenvalue weighted by Gasteiger charge is -2.16. The molecule has 0 aromatic heterocycles. The minimum atomic E-state index is -4.02. The molecule has 128 valence electrons. The maximum Gasteiger partial charge on any atom is 0.267 e. The number of aliphatic hydroxyl groups excluding tert-OH is 1. The molecule has 0 amide bonds. The Hall–Kier alpha value is -0.130. The van der Waals surface area contributed by atoms with E-state index in [1.807, 2.05) is 0 Å². The zero-order valence-electron chi connectivity index (χ0n) is 13.8. The SMILES string of the molecule is CCCCCCCCCCCC(O)CC(CC)S(=O)(=O)O. The van der Waals surface area contributed by atoms with E-state index in [1.54, 1.807) is 6.92 Å². The topological polar surface area (TPSA) is 74.6 Å². The number of unbranched alkanes of at least 4 members (excludes halogenated alkanes) is 8. The van der Waals surface area contributed by atoms with Gasteiger partial charge in [-0.25, -0.2) is 0 Å². The Morgan fingerprint density at radius 2 is 1.33 bits per heavy atom. The summed E-state index contributed by atoms with van der Waals surface area (Å²) in [5.41, 5.74) is 0. The van der Waals surface area contributed by atoms with Crippen LogP contribution in [0.3, 0.4) is 0 Å². The molecule has 0 rings (SSSR count). The van der Waals surface area contributed by atoms with Crippen LogP contribution in [0.4, 0.5) is 0 Å². The molecule has 2 unspecified atom stereocenters. The number of rotatable bonds is 14. The monoisotopic (exact) mass is 322 g/mol. The lowest BCUT2D eigenvalue weighted by Crippen LogP contribution is -2.25. The predicted octanol–water partition coefficient (Wildman–Crippen LogP) is 4.32. The Balaban J connectivity index is 3.55. The van der Waals surface area contributed by atoms with Crippen LogP contribution in [0.2, 0.25) is 0 Å². The normalized spacial score (nSPS) is 15.0. The van der Waals surface area contributed by atoms with Crippen molar-refractivity contribution in [2.24, 2.45) is 0 Å². The van der Waals surface area contributed by atoms with E-state index in [9.17, 15) is 13.5 Å². The fraction of sp³-hybridized carbons (Fsp3) is 1.00. The van der Waals surface area contributed by atoms with E-state index in [0.29, 0.717) is 12.8 Å². The van der Waals surface area contributed by atoms with E-state index >= 15 is 0 Å². The lowest BCUT2D eigenvalue weighted by molar-refractivity contribution is 0.147. The van der Waals surface area contributed by atoms with Gasteiger partial charge in [0, 0.05) is 0 Å². The van der Waals surface area contributed by atoms with Gasteiger partial charge in [-0.05, 0) is 19.3 Å². The van der Waals surface area contributed by atoms with Crippen molar-refractivity contribution in [3.63, 3.8) is 0 Å². The van der Waals surface area contributed by atoms with Crippen molar-refractivity contribution < 1.29 is 18.1 Å². The summed E-state index contributed by atoms with van der Waals surface area (Å²) in [7, 11) is -4.02. The van der Waals surface area contributed by atoms with Crippen LogP contribution in [-0.4, -0.2) is 29.4 Å². The van der Waals surface area contributed by atoms with E-state index in [-0.39, 0.29) is 6.42 Å². The minimum absolute atomic E-state index is 0.145. The lowest BCUT2D eigenvalue weighted by atomic mass is 10.0. The zero-order valence-corrected chi connectivity index (χ0v) is 14.6. The maximum atomic E-state index is 11.1. The molecule has 0 aliphatic rings. The van der Waals surface area contributed by atoms with Crippen LogP contribution in [0.1, 0.15) is 90.9 Å². The third kappa shape index (κ3) is 12.1. The van der Waals surface area contributed by atoms with Crippen molar-refractivity contribution in [1.82, 2.24) is 0 Å². The Morgan fingerprint density at radius 1 is 0.857 bits per heavy atom. The van der Waals surface area contributed by atoms with Gasteiger partial charge >= 0.3 is 0 Å². The molecule has 2 N–H and O–H groups in total. The van der Waals surface area contributed by atoms with Gasteiger partial charge in [-0.1, -0.05) is 71.6 Å². The zero-order chi connectivity index (χ0) is 16.1. The van der Waals surface area contributed by atoms with Crippen molar-refractivity contribution in [3.8, 4) is 0 Å². The second-order valence-electron chi connectivity index (χ2n) is 6.05. The molecule has 21 heavy (non-hydrogen) atoms. The van der Waals surface area contributed by atoms with Gasteiger partial charge < -0.3 is 5.11 Å². The largest absolute Gasteiger partial charge is 0.393 e. The first kappa shape index (κ1) is 20.9. The Labute approximate surface area is 131 Å². The molecule has 0 aromatic rings. The molecule has 0 aliphatic heterocycles. The highest BCUT2D eigenvalue weighted by molar-refractivity contribution is 7.86. The fourth-order valence-electron chi connectivity index (χ4n) is 2.61. The van der Waals surface area contributed by atoms with Crippen LogP contribution >= 0.6 is 0 Å². The van der Waals surface area contributed by atoms with Crippen LogP contribution in [-0.2, 0) is 10.1 Å². The molecule has 4 nitrogen and oxygen atoms in total. The van der Waals surface area contributed by atoms with E-state index in [1.165, 1.54) is 44.9 Å². The van der Waals surface area contributed by atoms with Gasteiger partial charge in [0.2, 0.25) is 0 Å². The number of aliphatic hydroxyl groups is 1. The summed E-state index contributed by atoms with van der Waals surface area (Å²) < 4.78 is 31.1. The third-order valence-corrected chi connectivity index (χ3v) is 5.42. The summed E-state index contributed by atoms with van der Waals surface area (Å²) in [6, 6.07) is 0. The Bertz CT molecular complexity index is 327. The summed E-state index contributed by atoms with van der Waals surface area (Å²) in [6.45, 7) is 3.93. The van der Waals surface area contributed by atoms with E-state index < -0.39 is 21.5 Å². The summed E-state index contributed by atoms with van der Waals surface area (Å²) in [4.78, 5) is 0. The molecule has 0 saturated carbocycles. The van der Waals surface area contributed by atoms with Gasteiger partial charge in [-0.3, -0.25) is 4.55 Å². The standard InChI is InChI=1S/C16H34O4S/c1-3-5-6-7-8-9-10-11-12-13-15(17)14-16(4-2)21(18,19)20/h15-17H,3-14H2,1-2H3,(H,18,19,20). The van der Waals surface area contributed by atoms with Gasteiger partial charge in [0.1, 0.15) is 0 Å². The van der Waals surface area contributed by atoms with E-state index in [4.69, 9.17) is 4.55 Å². The smallest absolute Gasteiger partial charge is 0.267 e. The molecule has 0 fully saturated rings. The van der Waals surface area contributed by atoms with Crippen LogP contribution in [0.5, 0.6) is 0 Å². The summed E-state index contributed by atoms with van der Waals surface area (Å²) in [6.07, 6.45) is 11.5. The predicted molar refractivity (Wildman–Crippen MR) is 88.1 cm³/mol. The van der Waals surface area contributed by atoms with Crippen LogP contribution in [0, 0.1) is 0 Å². The van der Waals surface area contributed by atoms with Crippen molar-refractivity contribution in [2.75, 3.05) is 0 Å². The second kappa shape index (κ2) is 12.4. The molecule has 0 bridgehead atoms. The summed E-state index contributed by atoms with van der Waals surface area (Å²) in [5.74, 6) is 0. The molecular weight excluding hydrogens is 288 g/mol. The molecule has 0 spiro atoms. The average Bonchev–Trinajstić information content (AvgIpc) is 2.41. The van der Waals surface area contributed by atoms with Crippen LogP contribution in [0.15, 0.2) is 0 Å². The Kier molecular flexibility index (Phi) is 12.3. The van der Waals surface area contributed by atoms with E-state index in [0.717, 1.165) is 12.8 Å². The quantitative estimate of drug-likeness (QED) is 0.369. The highest BCUT2D eigenvalue weighted by Crippen LogP contribution is 2.16. The fourth-order valence-corrected chi connectivity index (χ4v) is 3.50. The Morgan fingerprint density at radius 3 is 1.76 bits per heavy atom. The molecule has 0 heterocycles. The molecule has 2 atom stereocenters. The van der Waals surface area contributed by atoms with Crippen LogP contribution < -0.4 is 0 Å². The van der Waals surface area contributed by atoms with Crippen LogP contribution in [0.25, 0.3) is 0 Å². The molecule has 0 radical (unpaired) electrons. The minimum Gasteiger partial charge on any atom is -0.393 e. The molecule has 0 saturated heterocycles. The first-order valence-electron chi connectivity index (χ1n) is 8.56. The second-order valence-corrected chi connectivity index (χ2v) is 7.75. The van der Waals surface area contributed by atoms with Gasteiger partial charge in [-0.15, -0.1) is 0 Å². The molecule has 0 aliphatic carbocycles.